The van der Waals surface area contributed by atoms with E-state index in [0.29, 0.717) is 5.69 Å². The van der Waals surface area contributed by atoms with Gasteiger partial charge in [-0.05, 0) is 48.5 Å². The van der Waals surface area contributed by atoms with Crippen molar-refractivity contribution in [2.75, 3.05) is 5.32 Å². The predicted octanol–water partition coefficient (Wildman–Crippen LogP) is 3.23. The number of amides is 1. The van der Waals surface area contributed by atoms with Gasteiger partial charge in [-0.2, -0.15) is 0 Å². The molecule has 0 spiro atoms. The van der Waals surface area contributed by atoms with Crippen molar-refractivity contribution in [3.63, 3.8) is 0 Å². The number of benzene rings is 2. The van der Waals surface area contributed by atoms with Crippen molar-refractivity contribution in [1.29, 1.82) is 0 Å². The summed E-state index contributed by atoms with van der Waals surface area (Å²) in [5.74, 6) is -0.268. The van der Waals surface area contributed by atoms with Crippen molar-refractivity contribution >= 4 is 35.0 Å². The molecule has 0 aliphatic heterocycles. The molecule has 0 aliphatic rings. The Hall–Kier alpha value is -2.66. The van der Waals surface area contributed by atoms with Crippen LogP contribution in [0.4, 0.5) is 5.69 Å². The number of aryl methyl sites for hydroxylation is 1. The number of thiocarbonyl (C=S) groups is 1. The predicted molar refractivity (Wildman–Crippen MR) is 92.7 cm³/mol. The summed E-state index contributed by atoms with van der Waals surface area (Å²) in [6.07, 6.45) is 3.10. The molecule has 0 atom stereocenters. The van der Waals surface area contributed by atoms with E-state index >= 15 is 0 Å². The Morgan fingerprint density at radius 3 is 2.64 bits per heavy atom. The molecule has 5 heteroatoms. The van der Waals surface area contributed by atoms with Gasteiger partial charge in [0.25, 0.3) is 0 Å². The molecule has 112 valence electrons. The second kappa shape index (κ2) is 7.38. The first-order chi connectivity index (χ1) is 10.5. The molecule has 22 heavy (non-hydrogen) atoms. The van der Waals surface area contributed by atoms with Crippen LogP contribution in [-0.2, 0) is 4.79 Å². The first-order valence-corrected chi connectivity index (χ1v) is 7.10. The van der Waals surface area contributed by atoms with Gasteiger partial charge in [0.1, 0.15) is 5.75 Å². The molecule has 2 aromatic carbocycles. The quantitative estimate of drug-likeness (QED) is 0.463. The van der Waals surface area contributed by atoms with Crippen LogP contribution < -0.4 is 10.6 Å². The van der Waals surface area contributed by atoms with Gasteiger partial charge in [0, 0.05) is 6.08 Å². The smallest absolute Gasteiger partial charge is 0.250 e. The fraction of sp³-hybridized carbons (Fsp3) is 0.0588. The highest BCUT2D eigenvalue weighted by Crippen LogP contribution is 2.23. The van der Waals surface area contributed by atoms with Crippen molar-refractivity contribution in [3.05, 3.63) is 65.7 Å². The van der Waals surface area contributed by atoms with E-state index in [2.05, 4.69) is 10.6 Å². The van der Waals surface area contributed by atoms with E-state index in [1.807, 2.05) is 37.3 Å². The van der Waals surface area contributed by atoms with Gasteiger partial charge in [0.05, 0.1) is 5.69 Å². The molecule has 0 radical (unpaired) electrons. The molecule has 0 aliphatic carbocycles. The zero-order valence-electron chi connectivity index (χ0n) is 12.0. The van der Waals surface area contributed by atoms with E-state index in [0.717, 1.165) is 11.1 Å². The molecule has 0 heterocycles. The van der Waals surface area contributed by atoms with Gasteiger partial charge < -0.3 is 10.4 Å². The number of rotatable bonds is 3. The van der Waals surface area contributed by atoms with E-state index < -0.39 is 0 Å². The van der Waals surface area contributed by atoms with Crippen LogP contribution >= 0.6 is 12.2 Å². The fourth-order valence-electron chi connectivity index (χ4n) is 1.79. The lowest BCUT2D eigenvalue weighted by Crippen LogP contribution is -2.32. The SMILES string of the molecule is Cc1ccc(O)c(NC(=S)NC(=O)/C=C/c2ccccc2)c1. The maximum atomic E-state index is 11.8. The summed E-state index contributed by atoms with van der Waals surface area (Å²) in [4.78, 5) is 11.8. The number of hydrogen-bond acceptors (Lipinski definition) is 3. The standard InChI is InChI=1S/C17H16N2O2S/c1-12-7-9-15(20)14(11-12)18-17(22)19-16(21)10-8-13-5-3-2-4-6-13/h2-11,20H,1H3,(H2,18,19,21,22)/b10-8+. The van der Waals surface area contributed by atoms with Crippen LogP contribution in [0.1, 0.15) is 11.1 Å². The molecule has 0 aromatic heterocycles. The third-order valence-electron chi connectivity index (χ3n) is 2.86. The average Bonchev–Trinajstić information content (AvgIpc) is 2.50. The Kier molecular flexibility index (Phi) is 5.27. The molecule has 2 aromatic rings. The number of nitrogens with one attached hydrogen (secondary N) is 2. The summed E-state index contributed by atoms with van der Waals surface area (Å²) in [5, 5.41) is 15.2. The van der Waals surface area contributed by atoms with Crippen LogP contribution in [0.5, 0.6) is 5.75 Å². The number of phenols is 1. The van der Waals surface area contributed by atoms with Gasteiger partial charge >= 0.3 is 0 Å². The first kappa shape index (κ1) is 15.7. The monoisotopic (exact) mass is 312 g/mol. The molecule has 0 bridgehead atoms. The molecule has 4 nitrogen and oxygen atoms in total. The number of aromatic hydroxyl groups is 1. The summed E-state index contributed by atoms with van der Waals surface area (Å²) in [6, 6.07) is 14.6. The fourth-order valence-corrected chi connectivity index (χ4v) is 2.00. The minimum atomic E-state index is -0.339. The second-order valence-corrected chi connectivity index (χ2v) is 5.12. The van der Waals surface area contributed by atoms with Crippen LogP contribution in [0.25, 0.3) is 6.08 Å². The highest BCUT2D eigenvalue weighted by molar-refractivity contribution is 7.80. The molecular weight excluding hydrogens is 296 g/mol. The van der Waals surface area contributed by atoms with Crippen LogP contribution in [-0.4, -0.2) is 16.1 Å². The zero-order valence-corrected chi connectivity index (χ0v) is 12.9. The number of anilines is 1. The second-order valence-electron chi connectivity index (χ2n) is 4.71. The zero-order chi connectivity index (χ0) is 15.9. The third-order valence-corrected chi connectivity index (χ3v) is 3.07. The minimum Gasteiger partial charge on any atom is -0.506 e. The highest BCUT2D eigenvalue weighted by Gasteiger charge is 2.05. The van der Waals surface area contributed by atoms with Crippen LogP contribution in [0.2, 0.25) is 0 Å². The van der Waals surface area contributed by atoms with Gasteiger partial charge in [-0.25, -0.2) is 0 Å². The van der Waals surface area contributed by atoms with Gasteiger partial charge in [0.15, 0.2) is 5.11 Å². The Bertz CT molecular complexity index is 712. The molecule has 0 saturated heterocycles. The Morgan fingerprint density at radius 2 is 1.91 bits per heavy atom. The van der Waals surface area contributed by atoms with Crippen LogP contribution in [0.3, 0.4) is 0 Å². The first-order valence-electron chi connectivity index (χ1n) is 6.69. The van der Waals surface area contributed by atoms with Gasteiger partial charge in [-0.3, -0.25) is 10.1 Å². The Balaban J connectivity index is 1.93. The molecule has 1 amide bonds. The minimum absolute atomic E-state index is 0.0713. The van der Waals surface area contributed by atoms with Crippen LogP contribution in [0, 0.1) is 6.92 Å². The van der Waals surface area contributed by atoms with Crippen LogP contribution in [0.15, 0.2) is 54.6 Å². The summed E-state index contributed by atoms with van der Waals surface area (Å²) >= 11 is 5.06. The maximum absolute atomic E-state index is 11.8. The van der Waals surface area contributed by atoms with Gasteiger partial charge in [-0.1, -0.05) is 36.4 Å². The molecule has 3 N–H and O–H groups in total. The molecule has 2 rings (SSSR count). The summed E-state index contributed by atoms with van der Waals surface area (Å²) in [5.41, 5.74) is 2.35. The van der Waals surface area contributed by atoms with E-state index in [1.54, 1.807) is 24.3 Å². The van der Waals surface area contributed by atoms with E-state index in [-0.39, 0.29) is 16.8 Å². The van der Waals surface area contributed by atoms with E-state index in [4.69, 9.17) is 12.2 Å². The molecule has 0 unspecified atom stereocenters. The lowest BCUT2D eigenvalue weighted by molar-refractivity contribution is -0.115. The lowest BCUT2D eigenvalue weighted by Gasteiger charge is -2.10. The number of carbonyl (C=O) groups is 1. The maximum Gasteiger partial charge on any atom is 0.250 e. The van der Waals surface area contributed by atoms with Crippen molar-refractivity contribution in [3.8, 4) is 5.75 Å². The Morgan fingerprint density at radius 1 is 1.18 bits per heavy atom. The van der Waals surface area contributed by atoms with Crippen molar-refractivity contribution in [1.82, 2.24) is 5.32 Å². The van der Waals surface area contributed by atoms with Gasteiger partial charge in [-0.15, -0.1) is 0 Å². The highest BCUT2D eigenvalue weighted by atomic mass is 32.1. The normalized spacial score (nSPS) is 10.4. The van der Waals surface area contributed by atoms with E-state index in [9.17, 15) is 9.90 Å². The molecular formula is C17H16N2O2S. The Labute approximate surface area is 134 Å². The molecule has 0 saturated carbocycles. The summed E-state index contributed by atoms with van der Waals surface area (Å²) in [6.45, 7) is 1.90. The van der Waals surface area contributed by atoms with Crippen molar-refractivity contribution in [2.45, 2.75) is 6.92 Å². The largest absolute Gasteiger partial charge is 0.506 e. The number of hydrogen-bond donors (Lipinski definition) is 3. The van der Waals surface area contributed by atoms with Crippen molar-refractivity contribution < 1.29 is 9.90 Å². The number of phenolic OH excluding ortho intramolecular Hbond substituents is 1. The lowest BCUT2D eigenvalue weighted by atomic mass is 10.2. The van der Waals surface area contributed by atoms with Crippen molar-refractivity contribution in [2.24, 2.45) is 0 Å². The number of carbonyl (C=O) groups excluding carboxylic acids is 1. The summed E-state index contributed by atoms with van der Waals surface area (Å²) < 4.78 is 0. The topological polar surface area (TPSA) is 61.4 Å². The molecule has 0 fully saturated rings. The van der Waals surface area contributed by atoms with Gasteiger partial charge in [0.2, 0.25) is 5.91 Å². The average molecular weight is 312 g/mol. The summed E-state index contributed by atoms with van der Waals surface area (Å²) in [7, 11) is 0. The third kappa shape index (κ3) is 4.71. The van der Waals surface area contributed by atoms with E-state index in [1.165, 1.54) is 6.08 Å².